The van der Waals surface area contributed by atoms with Crippen LogP contribution in [-0.4, -0.2) is 28.8 Å². The number of rotatable bonds is 9. The van der Waals surface area contributed by atoms with Crippen molar-refractivity contribution in [1.29, 1.82) is 0 Å². The normalized spacial score (nSPS) is 11.8. The topological polar surface area (TPSA) is 49.4 Å². The SMILES string of the molecule is CC(C)NC(=O)[C@@H](Cc1ccccc1)N(Cc1ccc(Cl)cc1Cl)C(=O)Cc1cccc(Cl)c1. The van der Waals surface area contributed by atoms with E-state index in [1.807, 2.05) is 50.2 Å². The Labute approximate surface area is 215 Å². The third-order valence-electron chi connectivity index (χ3n) is 5.30. The maximum atomic E-state index is 13.7. The molecule has 0 saturated heterocycles. The summed E-state index contributed by atoms with van der Waals surface area (Å²) in [6, 6.07) is 21.2. The number of carbonyl (C=O) groups is 2. The Kier molecular flexibility index (Phi) is 9.40. The van der Waals surface area contributed by atoms with Gasteiger partial charge in [0.25, 0.3) is 0 Å². The monoisotopic (exact) mass is 516 g/mol. The van der Waals surface area contributed by atoms with Gasteiger partial charge in [-0.3, -0.25) is 9.59 Å². The average Bonchev–Trinajstić information content (AvgIpc) is 2.77. The van der Waals surface area contributed by atoms with Crippen LogP contribution in [0.3, 0.4) is 0 Å². The zero-order valence-electron chi connectivity index (χ0n) is 19.1. The van der Waals surface area contributed by atoms with E-state index in [0.717, 1.165) is 11.1 Å². The van der Waals surface area contributed by atoms with Crippen molar-refractivity contribution in [1.82, 2.24) is 10.2 Å². The molecule has 3 aromatic carbocycles. The molecule has 0 aliphatic heterocycles. The van der Waals surface area contributed by atoms with Crippen LogP contribution in [0.4, 0.5) is 0 Å². The Balaban J connectivity index is 2.00. The summed E-state index contributed by atoms with van der Waals surface area (Å²) < 4.78 is 0. The van der Waals surface area contributed by atoms with Crippen LogP contribution in [-0.2, 0) is 29.0 Å². The Morgan fingerprint density at radius 3 is 2.18 bits per heavy atom. The molecular weight excluding hydrogens is 491 g/mol. The summed E-state index contributed by atoms with van der Waals surface area (Å²) in [5.41, 5.74) is 2.43. The second-order valence-electron chi connectivity index (χ2n) is 8.43. The molecular formula is C27H27Cl3N2O2. The molecule has 4 nitrogen and oxygen atoms in total. The van der Waals surface area contributed by atoms with Gasteiger partial charge < -0.3 is 10.2 Å². The molecule has 0 saturated carbocycles. The van der Waals surface area contributed by atoms with E-state index in [4.69, 9.17) is 34.8 Å². The lowest BCUT2D eigenvalue weighted by molar-refractivity contribution is -0.141. The van der Waals surface area contributed by atoms with Crippen molar-refractivity contribution in [3.8, 4) is 0 Å². The van der Waals surface area contributed by atoms with Gasteiger partial charge in [-0.15, -0.1) is 0 Å². The van der Waals surface area contributed by atoms with E-state index < -0.39 is 6.04 Å². The van der Waals surface area contributed by atoms with Gasteiger partial charge in [0.1, 0.15) is 6.04 Å². The fraction of sp³-hybridized carbons (Fsp3) is 0.259. The molecule has 0 bridgehead atoms. The lowest BCUT2D eigenvalue weighted by atomic mass is 10.0. The zero-order chi connectivity index (χ0) is 24.7. The lowest BCUT2D eigenvalue weighted by Crippen LogP contribution is -2.52. The minimum atomic E-state index is -0.733. The number of hydrogen-bond donors (Lipinski definition) is 1. The Hall–Kier alpha value is -2.53. The Morgan fingerprint density at radius 1 is 0.853 bits per heavy atom. The van der Waals surface area contributed by atoms with Gasteiger partial charge in [-0.05, 0) is 54.8 Å². The highest BCUT2D eigenvalue weighted by Gasteiger charge is 2.31. The van der Waals surface area contributed by atoms with E-state index in [0.29, 0.717) is 27.1 Å². The maximum Gasteiger partial charge on any atom is 0.243 e. The lowest BCUT2D eigenvalue weighted by Gasteiger charge is -2.32. The van der Waals surface area contributed by atoms with E-state index >= 15 is 0 Å². The van der Waals surface area contributed by atoms with Gasteiger partial charge in [0.05, 0.1) is 6.42 Å². The summed E-state index contributed by atoms with van der Waals surface area (Å²) in [5.74, 6) is -0.420. The largest absolute Gasteiger partial charge is 0.352 e. The zero-order valence-corrected chi connectivity index (χ0v) is 21.4. The van der Waals surface area contributed by atoms with E-state index in [2.05, 4.69) is 5.32 Å². The number of nitrogens with one attached hydrogen (secondary N) is 1. The average molecular weight is 518 g/mol. The molecule has 0 fully saturated rings. The molecule has 2 amide bonds. The molecule has 0 radical (unpaired) electrons. The maximum absolute atomic E-state index is 13.7. The number of hydrogen-bond acceptors (Lipinski definition) is 2. The van der Waals surface area contributed by atoms with Crippen LogP contribution in [0, 0.1) is 0 Å². The molecule has 0 unspecified atom stereocenters. The summed E-state index contributed by atoms with van der Waals surface area (Å²) in [6.07, 6.45) is 0.470. The molecule has 1 atom stereocenters. The van der Waals surface area contributed by atoms with Crippen LogP contribution < -0.4 is 5.32 Å². The molecule has 0 aliphatic carbocycles. The van der Waals surface area contributed by atoms with Crippen LogP contribution in [0.1, 0.15) is 30.5 Å². The number of amides is 2. The highest BCUT2D eigenvalue weighted by atomic mass is 35.5. The van der Waals surface area contributed by atoms with Gasteiger partial charge in [0, 0.05) is 34.1 Å². The van der Waals surface area contributed by atoms with Crippen LogP contribution in [0.5, 0.6) is 0 Å². The second kappa shape index (κ2) is 12.3. The van der Waals surface area contributed by atoms with Gasteiger partial charge in [0.2, 0.25) is 11.8 Å². The van der Waals surface area contributed by atoms with Crippen LogP contribution in [0.15, 0.2) is 72.8 Å². The summed E-state index contributed by atoms with van der Waals surface area (Å²) in [7, 11) is 0. The first-order chi connectivity index (χ1) is 16.2. The number of halogens is 3. The van der Waals surface area contributed by atoms with Crippen LogP contribution in [0.2, 0.25) is 15.1 Å². The van der Waals surface area contributed by atoms with Gasteiger partial charge in [-0.1, -0.05) is 83.3 Å². The smallest absolute Gasteiger partial charge is 0.243 e. The van der Waals surface area contributed by atoms with Crippen LogP contribution in [0.25, 0.3) is 0 Å². The quantitative estimate of drug-likeness (QED) is 0.359. The Morgan fingerprint density at radius 2 is 1.53 bits per heavy atom. The Bertz CT molecular complexity index is 1140. The van der Waals surface area contributed by atoms with Gasteiger partial charge >= 0.3 is 0 Å². The highest BCUT2D eigenvalue weighted by Crippen LogP contribution is 2.25. The highest BCUT2D eigenvalue weighted by molar-refractivity contribution is 6.35. The van der Waals surface area contributed by atoms with E-state index in [-0.39, 0.29) is 30.8 Å². The summed E-state index contributed by atoms with van der Waals surface area (Å²) in [4.78, 5) is 28.6. The molecule has 3 rings (SSSR count). The third kappa shape index (κ3) is 7.49. The van der Waals surface area contributed by atoms with Crippen molar-refractivity contribution < 1.29 is 9.59 Å². The number of benzene rings is 3. The summed E-state index contributed by atoms with van der Waals surface area (Å²) in [5, 5.41) is 4.47. The van der Waals surface area contributed by atoms with Gasteiger partial charge in [-0.25, -0.2) is 0 Å². The van der Waals surface area contributed by atoms with Crippen molar-refractivity contribution in [3.05, 3.63) is 105 Å². The summed E-state index contributed by atoms with van der Waals surface area (Å²) >= 11 is 18.7. The predicted octanol–water partition coefficient (Wildman–Crippen LogP) is 6.35. The minimum Gasteiger partial charge on any atom is -0.352 e. The van der Waals surface area contributed by atoms with Gasteiger partial charge in [0.15, 0.2) is 0 Å². The number of carbonyl (C=O) groups excluding carboxylic acids is 2. The van der Waals surface area contributed by atoms with Crippen LogP contribution >= 0.6 is 34.8 Å². The van der Waals surface area contributed by atoms with Crippen molar-refractivity contribution >= 4 is 46.6 Å². The van der Waals surface area contributed by atoms with Crippen molar-refractivity contribution in [2.24, 2.45) is 0 Å². The van der Waals surface area contributed by atoms with E-state index in [1.54, 1.807) is 41.3 Å². The first kappa shape index (κ1) is 26.1. The predicted molar refractivity (Wildman–Crippen MR) is 139 cm³/mol. The molecule has 0 aromatic heterocycles. The van der Waals surface area contributed by atoms with Crippen molar-refractivity contribution in [2.75, 3.05) is 0 Å². The standard InChI is InChI=1S/C27H27Cl3N2O2/c1-18(2)31-27(34)25(14-19-7-4-3-5-8-19)32(17-21-11-12-23(29)16-24(21)30)26(33)15-20-9-6-10-22(28)13-20/h3-13,16,18,25H,14-15,17H2,1-2H3,(H,31,34)/t25-/m1/s1. The minimum absolute atomic E-state index is 0.0743. The first-order valence-corrected chi connectivity index (χ1v) is 12.2. The fourth-order valence-electron chi connectivity index (χ4n) is 3.69. The van der Waals surface area contributed by atoms with Gasteiger partial charge in [-0.2, -0.15) is 0 Å². The van der Waals surface area contributed by atoms with E-state index in [1.165, 1.54) is 0 Å². The summed E-state index contributed by atoms with van der Waals surface area (Å²) in [6.45, 7) is 3.95. The number of nitrogens with zero attached hydrogens (tertiary/aromatic N) is 1. The molecule has 0 aliphatic rings. The molecule has 0 heterocycles. The van der Waals surface area contributed by atoms with E-state index in [9.17, 15) is 9.59 Å². The second-order valence-corrected chi connectivity index (χ2v) is 9.71. The first-order valence-electron chi connectivity index (χ1n) is 11.0. The van der Waals surface area contributed by atoms with Crippen molar-refractivity contribution in [2.45, 2.75) is 45.3 Å². The molecule has 34 heavy (non-hydrogen) atoms. The third-order valence-corrected chi connectivity index (χ3v) is 6.12. The molecule has 3 aromatic rings. The molecule has 0 spiro atoms. The molecule has 7 heteroatoms. The fourth-order valence-corrected chi connectivity index (χ4v) is 4.37. The van der Waals surface area contributed by atoms with Crippen molar-refractivity contribution in [3.63, 3.8) is 0 Å². The molecule has 1 N–H and O–H groups in total. The molecule has 178 valence electrons.